The number of aromatic amines is 1. The molecule has 23 heavy (non-hydrogen) atoms. The average molecular weight is 312 g/mol. The van der Waals surface area contributed by atoms with Crippen LogP contribution in [0.25, 0.3) is 11.5 Å². The summed E-state index contributed by atoms with van der Waals surface area (Å²) in [5.41, 5.74) is 1.67. The summed E-state index contributed by atoms with van der Waals surface area (Å²) in [5.74, 6) is 0.229. The number of H-pyrrole nitrogens is 1. The first-order chi connectivity index (χ1) is 11.2. The van der Waals surface area contributed by atoms with Gasteiger partial charge in [0.15, 0.2) is 0 Å². The maximum Gasteiger partial charge on any atom is 0.261 e. The van der Waals surface area contributed by atoms with E-state index in [9.17, 15) is 9.59 Å². The second kappa shape index (κ2) is 7.13. The van der Waals surface area contributed by atoms with Crippen molar-refractivity contribution in [2.24, 2.45) is 0 Å². The second-order valence-corrected chi connectivity index (χ2v) is 5.71. The predicted octanol–water partition coefficient (Wildman–Crippen LogP) is 3.26. The molecular formula is C18H20N2O3. The number of rotatable bonds is 5. The van der Waals surface area contributed by atoms with E-state index in [1.54, 1.807) is 18.2 Å². The summed E-state index contributed by atoms with van der Waals surface area (Å²) in [6.07, 6.45) is 9.40. The molecule has 3 rings (SSSR count). The van der Waals surface area contributed by atoms with E-state index in [2.05, 4.69) is 16.4 Å². The molecular weight excluding hydrogens is 292 g/mol. The molecule has 2 heterocycles. The fourth-order valence-corrected chi connectivity index (χ4v) is 2.79. The van der Waals surface area contributed by atoms with Crippen molar-refractivity contribution < 1.29 is 9.21 Å². The highest BCUT2D eigenvalue weighted by Crippen LogP contribution is 2.19. The van der Waals surface area contributed by atoms with Crippen molar-refractivity contribution in [1.29, 1.82) is 0 Å². The van der Waals surface area contributed by atoms with E-state index in [0.717, 1.165) is 19.3 Å². The highest BCUT2D eigenvalue weighted by Gasteiger charge is 2.12. The van der Waals surface area contributed by atoms with Gasteiger partial charge in [-0.05, 0) is 56.4 Å². The van der Waals surface area contributed by atoms with Crippen molar-refractivity contribution >= 4 is 5.91 Å². The maximum absolute atomic E-state index is 12.1. The van der Waals surface area contributed by atoms with Crippen LogP contribution in [0.2, 0.25) is 0 Å². The molecule has 0 saturated carbocycles. The van der Waals surface area contributed by atoms with Crippen LogP contribution in [0.5, 0.6) is 0 Å². The van der Waals surface area contributed by atoms with Gasteiger partial charge in [-0.25, -0.2) is 0 Å². The van der Waals surface area contributed by atoms with Crippen LogP contribution >= 0.6 is 0 Å². The van der Waals surface area contributed by atoms with Crippen LogP contribution in [0, 0.1) is 0 Å². The van der Waals surface area contributed by atoms with Crippen LogP contribution < -0.4 is 10.9 Å². The minimum absolute atomic E-state index is 0.123. The van der Waals surface area contributed by atoms with Gasteiger partial charge in [-0.2, -0.15) is 0 Å². The number of hydrogen-bond donors (Lipinski definition) is 2. The lowest BCUT2D eigenvalue weighted by atomic mass is 9.97. The lowest BCUT2D eigenvalue weighted by molar-refractivity contribution is 0.0952. The standard InChI is InChI=1S/C18H20N2O3/c21-17(19-11-10-13-5-2-1-3-6-13)14-8-9-15(20-18(14)22)16-7-4-12-23-16/h4-5,7-9,12H,1-3,6,10-11H2,(H,19,21)(H,20,22). The van der Waals surface area contributed by atoms with Crippen molar-refractivity contribution in [1.82, 2.24) is 10.3 Å². The highest BCUT2D eigenvalue weighted by atomic mass is 16.3. The highest BCUT2D eigenvalue weighted by molar-refractivity contribution is 5.94. The third kappa shape index (κ3) is 3.80. The zero-order valence-electron chi connectivity index (χ0n) is 12.9. The number of allylic oxidation sites excluding steroid dienone is 1. The molecule has 1 amide bonds. The van der Waals surface area contributed by atoms with Gasteiger partial charge in [-0.1, -0.05) is 11.6 Å². The van der Waals surface area contributed by atoms with Crippen molar-refractivity contribution in [2.75, 3.05) is 6.54 Å². The fraction of sp³-hybridized carbons (Fsp3) is 0.333. The number of hydrogen-bond acceptors (Lipinski definition) is 3. The molecule has 2 N–H and O–H groups in total. The molecule has 0 saturated heterocycles. The molecule has 0 atom stereocenters. The third-order valence-corrected chi connectivity index (χ3v) is 4.06. The molecule has 0 radical (unpaired) electrons. The first-order valence-electron chi connectivity index (χ1n) is 7.97. The van der Waals surface area contributed by atoms with Gasteiger partial charge in [0, 0.05) is 6.54 Å². The van der Waals surface area contributed by atoms with Crippen molar-refractivity contribution in [2.45, 2.75) is 32.1 Å². The van der Waals surface area contributed by atoms with Crippen LogP contribution in [0.3, 0.4) is 0 Å². The van der Waals surface area contributed by atoms with Gasteiger partial charge >= 0.3 is 0 Å². The molecule has 0 unspecified atom stereocenters. The van der Waals surface area contributed by atoms with E-state index in [-0.39, 0.29) is 11.5 Å². The largest absolute Gasteiger partial charge is 0.463 e. The number of amides is 1. The summed E-state index contributed by atoms with van der Waals surface area (Å²) in [7, 11) is 0. The topological polar surface area (TPSA) is 75.1 Å². The average Bonchev–Trinajstić information content (AvgIpc) is 3.10. The Morgan fingerprint density at radius 3 is 2.87 bits per heavy atom. The van der Waals surface area contributed by atoms with Crippen LogP contribution in [-0.2, 0) is 0 Å². The van der Waals surface area contributed by atoms with E-state index in [4.69, 9.17) is 4.42 Å². The fourth-order valence-electron chi connectivity index (χ4n) is 2.79. The monoisotopic (exact) mass is 312 g/mol. The molecule has 0 fully saturated rings. The molecule has 0 bridgehead atoms. The molecule has 0 aliphatic heterocycles. The van der Waals surface area contributed by atoms with Crippen molar-refractivity contribution in [3.8, 4) is 11.5 Å². The number of furan rings is 1. The number of nitrogens with one attached hydrogen (secondary N) is 2. The third-order valence-electron chi connectivity index (χ3n) is 4.06. The van der Waals surface area contributed by atoms with Crippen LogP contribution in [-0.4, -0.2) is 17.4 Å². The van der Waals surface area contributed by atoms with Gasteiger partial charge in [-0.3, -0.25) is 9.59 Å². The summed E-state index contributed by atoms with van der Waals surface area (Å²) in [5, 5.41) is 2.82. The van der Waals surface area contributed by atoms with E-state index < -0.39 is 5.56 Å². The van der Waals surface area contributed by atoms with E-state index in [1.165, 1.54) is 30.7 Å². The molecule has 5 nitrogen and oxygen atoms in total. The lowest BCUT2D eigenvalue weighted by Gasteiger charge is -2.12. The summed E-state index contributed by atoms with van der Waals surface area (Å²) in [4.78, 5) is 26.9. The van der Waals surface area contributed by atoms with E-state index >= 15 is 0 Å². The number of carbonyl (C=O) groups excluding carboxylic acids is 1. The smallest absolute Gasteiger partial charge is 0.261 e. The Hall–Kier alpha value is -2.56. The Morgan fingerprint density at radius 1 is 1.26 bits per heavy atom. The van der Waals surface area contributed by atoms with Gasteiger partial charge in [0.25, 0.3) is 11.5 Å². The summed E-state index contributed by atoms with van der Waals surface area (Å²) in [6, 6.07) is 6.71. The number of carbonyl (C=O) groups is 1. The minimum Gasteiger partial charge on any atom is -0.463 e. The first kappa shape index (κ1) is 15.3. The Balaban J connectivity index is 1.61. The molecule has 1 aliphatic rings. The minimum atomic E-state index is -0.409. The maximum atomic E-state index is 12.1. The van der Waals surface area contributed by atoms with Crippen LogP contribution in [0.1, 0.15) is 42.5 Å². The summed E-state index contributed by atoms with van der Waals surface area (Å²) in [6.45, 7) is 0.560. The van der Waals surface area contributed by atoms with Crippen molar-refractivity contribution in [3.63, 3.8) is 0 Å². The second-order valence-electron chi connectivity index (χ2n) is 5.71. The van der Waals surface area contributed by atoms with Crippen molar-refractivity contribution in [3.05, 3.63) is 58.1 Å². The van der Waals surface area contributed by atoms with Crippen LogP contribution in [0.15, 0.2) is 51.4 Å². The predicted molar refractivity (Wildman–Crippen MR) is 88.3 cm³/mol. The lowest BCUT2D eigenvalue weighted by Crippen LogP contribution is -2.30. The number of aromatic nitrogens is 1. The van der Waals surface area contributed by atoms with Gasteiger partial charge in [0.1, 0.15) is 11.3 Å². The Bertz CT molecular complexity index is 757. The van der Waals surface area contributed by atoms with E-state index in [1.807, 2.05) is 0 Å². The number of pyridine rings is 1. The van der Waals surface area contributed by atoms with E-state index in [0.29, 0.717) is 18.0 Å². The molecule has 1 aliphatic carbocycles. The Kier molecular flexibility index (Phi) is 4.76. The first-order valence-corrected chi connectivity index (χ1v) is 7.97. The molecule has 5 heteroatoms. The normalized spacial score (nSPS) is 14.3. The quantitative estimate of drug-likeness (QED) is 0.832. The zero-order valence-corrected chi connectivity index (χ0v) is 12.9. The zero-order chi connectivity index (χ0) is 16.1. The molecule has 120 valence electrons. The SMILES string of the molecule is O=C(NCCC1=CCCCC1)c1ccc(-c2ccco2)[nH]c1=O. The molecule has 0 spiro atoms. The van der Waals surface area contributed by atoms with Crippen LogP contribution in [0.4, 0.5) is 0 Å². The van der Waals surface area contributed by atoms with Gasteiger partial charge in [-0.15, -0.1) is 0 Å². The summed E-state index contributed by atoms with van der Waals surface area (Å²) < 4.78 is 5.23. The Morgan fingerprint density at radius 2 is 2.17 bits per heavy atom. The molecule has 2 aromatic rings. The summed E-state index contributed by atoms with van der Waals surface area (Å²) >= 11 is 0. The van der Waals surface area contributed by atoms with Gasteiger partial charge in [0.05, 0.1) is 12.0 Å². The molecule has 2 aromatic heterocycles. The molecule has 0 aromatic carbocycles. The Labute approximate surface area is 134 Å². The van der Waals surface area contributed by atoms with Gasteiger partial charge < -0.3 is 14.7 Å². The van der Waals surface area contributed by atoms with Gasteiger partial charge in [0.2, 0.25) is 0 Å².